The predicted molar refractivity (Wildman–Crippen MR) is 86.9 cm³/mol. The lowest BCUT2D eigenvalue weighted by molar-refractivity contribution is -0.115. The van der Waals surface area contributed by atoms with Crippen LogP contribution in [-0.4, -0.2) is 20.2 Å². The van der Waals surface area contributed by atoms with Gasteiger partial charge in [-0.3, -0.25) is 9.59 Å². The first-order chi connectivity index (χ1) is 11.6. The highest BCUT2D eigenvalue weighted by Gasteiger charge is 2.21. The van der Waals surface area contributed by atoms with Crippen LogP contribution in [0.2, 0.25) is 0 Å². The summed E-state index contributed by atoms with van der Waals surface area (Å²) in [6, 6.07) is 5.88. The van der Waals surface area contributed by atoms with Crippen LogP contribution in [-0.2, 0) is 19.4 Å². The van der Waals surface area contributed by atoms with Crippen LogP contribution >= 0.6 is 0 Å². The number of anilines is 2. The van der Waals surface area contributed by atoms with E-state index in [9.17, 15) is 26.8 Å². The van der Waals surface area contributed by atoms with Crippen molar-refractivity contribution in [2.45, 2.75) is 23.6 Å². The number of nitrogens with one attached hydrogen (secondary N) is 2. The molecule has 0 fully saturated rings. The molecule has 0 saturated carbocycles. The number of sulfone groups is 1. The zero-order chi connectivity index (χ0) is 18.8. The van der Waals surface area contributed by atoms with Crippen molar-refractivity contribution >= 4 is 33.0 Å². The van der Waals surface area contributed by atoms with Crippen molar-refractivity contribution < 1.29 is 26.8 Å². The zero-order valence-corrected chi connectivity index (χ0v) is 14.1. The van der Waals surface area contributed by atoms with Gasteiger partial charge >= 0.3 is 0 Å². The largest absolute Gasteiger partial charge is 0.324 e. The first kappa shape index (κ1) is 18.5. The molecule has 132 valence electrons. The lowest BCUT2D eigenvalue weighted by atomic mass is 10.3. The Labute approximate surface area is 142 Å². The quantitative estimate of drug-likeness (QED) is 0.868. The van der Waals surface area contributed by atoms with Crippen molar-refractivity contribution in [2.24, 2.45) is 0 Å². The van der Waals surface area contributed by atoms with Crippen molar-refractivity contribution in [1.82, 2.24) is 0 Å². The third kappa shape index (κ3) is 4.18. The van der Waals surface area contributed by atoms with Gasteiger partial charge in [0, 0.05) is 13.8 Å². The Morgan fingerprint density at radius 2 is 1.16 bits per heavy atom. The van der Waals surface area contributed by atoms with Crippen LogP contribution in [0.15, 0.2) is 46.2 Å². The number of carbonyl (C=O) groups is 2. The van der Waals surface area contributed by atoms with Gasteiger partial charge in [-0.25, -0.2) is 17.2 Å². The Morgan fingerprint density at radius 1 is 0.800 bits per heavy atom. The number of benzene rings is 2. The average Bonchev–Trinajstić information content (AvgIpc) is 2.50. The Hall–Kier alpha value is -2.81. The van der Waals surface area contributed by atoms with E-state index in [1.165, 1.54) is 13.8 Å². The molecule has 0 bridgehead atoms. The number of amides is 2. The SMILES string of the molecule is CC(=O)Nc1ccc(S(=O)(=O)c2ccc(NC(C)=O)c(F)c2)cc1F. The minimum absolute atomic E-state index is 0.168. The molecule has 2 aromatic carbocycles. The van der Waals surface area contributed by atoms with E-state index >= 15 is 0 Å². The van der Waals surface area contributed by atoms with Gasteiger partial charge < -0.3 is 10.6 Å². The maximum Gasteiger partial charge on any atom is 0.221 e. The first-order valence-electron chi connectivity index (χ1n) is 7.00. The summed E-state index contributed by atoms with van der Waals surface area (Å²) in [5, 5.41) is 4.43. The van der Waals surface area contributed by atoms with Crippen molar-refractivity contribution in [3.63, 3.8) is 0 Å². The minimum atomic E-state index is -4.18. The second-order valence-corrected chi connectivity index (χ2v) is 7.10. The van der Waals surface area contributed by atoms with E-state index in [0.717, 1.165) is 36.4 Å². The Bertz CT molecular complexity index is 887. The summed E-state index contributed by atoms with van der Waals surface area (Å²) < 4.78 is 52.9. The number of rotatable bonds is 4. The van der Waals surface area contributed by atoms with Crippen LogP contribution in [0.4, 0.5) is 20.2 Å². The van der Waals surface area contributed by atoms with Crippen LogP contribution < -0.4 is 10.6 Å². The van der Waals surface area contributed by atoms with E-state index in [-0.39, 0.29) is 11.4 Å². The van der Waals surface area contributed by atoms with Crippen LogP contribution in [0, 0.1) is 11.6 Å². The van der Waals surface area contributed by atoms with E-state index in [2.05, 4.69) is 10.6 Å². The molecular formula is C16H14F2N2O4S. The summed E-state index contributed by atoms with van der Waals surface area (Å²) in [6.45, 7) is 2.37. The fourth-order valence-corrected chi connectivity index (χ4v) is 3.33. The second-order valence-electron chi connectivity index (χ2n) is 5.15. The molecule has 0 saturated heterocycles. The van der Waals surface area contributed by atoms with Gasteiger partial charge in [0.1, 0.15) is 11.6 Å². The zero-order valence-electron chi connectivity index (χ0n) is 13.3. The molecule has 2 amide bonds. The van der Waals surface area contributed by atoms with Crippen molar-refractivity contribution in [3.8, 4) is 0 Å². The summed E-state index contributed by atoms with van der Waals surface area (Å²) in [5.74, 6) is -2.89. The molecule has 6 nitrogen and oxygen atoms in total. The summed E-state index contributed by atoms with van der Waals surface area (Å²) in [4.78, 5) is 21.1. The van der Waals surface area contributed by atoms with Gasteiger partial charge in [0.05, 0.1) is 21.2 Å². The molecule has 25 heavy (non-hydrogen) atoms. The lowest BCUT2D eigenvalue weighted by Crippen LogP contribution is -2.10. The highest BCUT2D eigenvalue weighted by molar-refractivity contribution is 7.91. The molecule has 0 aromatic heterocycles. The van der Waals surface area contributed by atoms with Gasteiger partial charge in [0.25, 0.3) is 0 Å². The monoisotopic (exact) mass is 368 g/mol. The van der Waals surface area contributed by atoms with Crippen molar-refractivity contribution in [3.05, 3.63) is 48.0 Å². The summed E-state index contributed by atoms with van der Waals surface area (Å²) >= 11 is 0. The molecule has 9 heteroatoms. The van der Waals surface area contributed by atoms with Crippen LogP contribution in [0.3, 0.4) is 0 Å². The molecule has 0 atom stereocenters. The van der Waals surface area contributed by atoms with Crippen LogP contribution in [0.25, 0.3) is 0 Å². The maximum absolute atomic E-state index is 13.9. The minimum Gasteiger partial charge on any atom is -0.324 e. The molecule has 0 spiro atoms. The first-order valence-corrected chi connectivity index (χ1v) is 8.49. The number of halogens is 2. The molecule has 2 N–H and O–H groups in total. The number of carbonyl (C=O) groups excluding carboxylic acids is 2. The fourth-order valence-electron chi connectivity index (χ4n) is 2.04. The lowest BCUT2D eigenvalue weighted by Gasteiger charge is -2.10. The second kappa shape index (κ2) is 6.98. The van der Waals surface area contributed by atoms with Crippen LogP contribution in [0.1, 0.15) is 13.8 Å². The summed E-state index contributed by atoms with van der Waals surface area (Å²) in [6.07, 6.45) is 0. The van der Waals surface area contributed by atoms with Gasteiger partial charge in [-0.2, -0.15) is 0 Å². The topological polar surface area (TPSA) is 92.3 Å². The fraction of sp³-hybridized carbons (Fsp3) is 0.125. The molecule has 0 aliphatic carbocycles. The van der Waals surface area contributed by atoms with E-state index in [1.807, 2.05) is 0 Å². The Morgan fingerprint density at radius 3 is 1.44 bits per heavy atom. The van der Waals surface area contributed by atoms with E-state index in [4.69, 9.17) is 0 Å². The van der Waals surface area contributed by atoms with E-state index in [0.29, 0.717) is 0 Å². The standard InChI is InChI=1S/C16H14F2N2O4S/c1-9(21)19-15-5-3-11(7-13(15)17)25(23,24)12-4-6-16(14(18)8-12)20-10(2)22/h3-8H,1-2H3,(H,19,21)(H,20,22). The number of hydrogen-bond acceptors (Lipinski definition) is 4. The third-order valence-electron chi connectivity index (χ3n) is 3.12. The van der Waals surface area contributed by atoms with Gasteiger partial charge in [-0.05, 0) is 36.4 Å². The van der Waals surface area contributed by atoms with Gasteiger partial charge in [0.2, 0.25) is 21.7 Å². The van der Waals surface area contributed by atoms with Gasteiger partial charge in [0.15, 0.2) is 0 Å². The highest BCUT2D eigenvalue weighted by atomic mass is 32.2. The van der Waals surface area contributed by atoms with Gasteiger partial charge in [-0.1, -0.05) is 0 Å². The average molecular weight is 368 g/mol. The Kier molecular flexibility index (Phi) is 5.17. The Balaban J connectivity index is 2.42. The predicted octanol–water partition coefficient (Wildman–Crippen LogP) is 2.71. The maximum atomic E-state index is 13.9. The molecule has 0 aliphatic heterocycles. The molecule has 0 aliphatic rings. The normalized spacial score (nSPS) is 11.0. The van der Waals surface area contributed by atoms with Crippen LogP contribution in [0.5, 0.6) is 0 Å². The van der Waals surface area contributed by atoms with E-state index in [1.54, 1.807) is 0 Å². The summed E-state index contributed by atoms with van der Waals surface area (Å²) in [5.41, 5.74) is -0.336. The van der Waals surface area contributed by atoms with Crippen molar-refractivity contribution in [1.29, 1.82) is 0 Å². The van der Waals surface area contributed by atoms with Gasteiger partial charge in [-0.15, -0.1) is 0 Å². The highest BCUT2D eigenvalue weighted by Crippen LogP contribution is 2.27. The molecule has 2 aromatic rings. The smallest absolute Gasteiger partial charge is 0.221 e. The molecule has 0 heterocycles. The van der Waals surface area contributed by atoms with E-state index < -0.39 is 43.1 Å². The molecule has 2 rings (SSSR count). The van der Waals surface area contributed by atoms with Crippen molar-refractivity contribution in [2.75, 3.05) is 10.6 Å². The molecular weight excluding hydrogens is 354 g/mol. The number of hydrogen-bond donors (Lipinski definition) is 2. The summed E-state index contributed by atoms with van der Waals surface area (Å²) in [7, 11) is -4.18. The molecule has 0 radical (unpaired) electrons. The third-order valence-corrected chi connectivity index (χ3v) is 4.87. The molecule has 0 unspecified atom stereocenters.